The van der Waals surface area contributed by atoms with Crippen molar-refractivity contribution in [1.82, 2.24) is 0 Å². The Morgan fingerprint density at radius 1 is 1.38 bits per heavy atom. The topological polar surface area (TPSA) is 76.6 Å². The smallest absolute Gasteiger partial charge is 0.279 e. The van der Waals surface area contributed by atoms with Crippen LogP contribution in [0, 0.1) is 18.7 Å². The van der Waals surface area contributed by atoms with Gasteiger partial charge in [-0.15, -0.1) is 0 Å². The number of hydrogen-bond acceptors (Lipinski definition) is 2. The van der Waals surface area contributed by atoms with Gasteiger partial charge in [-0.1, -0.05) is 6.07 Å². The molecule has 0 unspecified atom stereocenters. The van der Waals surface area contributed by atoms with Crippen molar-refractivity contribution in [3.63, 3.8) is 0 Å². The summed E-state index contributed by atoms with van der Waals surface area (Å²) in [6.07, 6.45) is 1.41. The predicted octanol–water partition coefficient (Wildman–Crippen LogP) is -0.147. The van der Waals surface area contributed by atoms with Crippen LogP contribution in [0.4, 0.5) is 10.1 Å². The van der Waals surface area contributed by atoms with Gasteiger partial charge in [0.1, 0.15) is 5.82 Å². The molecular formula is C15H21FN3O2+. The maximum absolute atomic E-state index is 13.7. The minimum Gasteiger partial charge on any atom is -0.369 e. The van der Waals surface area contributed by atoms with E-state index in [2.05, 4.69) is 5.32 Å². The number of likely N-dealkylation sites (tertiary alicyclic amines) is 1. The van der Waals surface area contributed by atoms with Crippen LogP contribution in [0.25, 0.3) is 0 Å². The van der Waals surface area contributed by atoms with Gasteiger partial charge in [-0.3, -0.25) is 9.59 Å². The third kappa shape index (κ3) is 4.26. The molecule has 2 amide bonds. The Labute approximate surface area is 123 Å². The molecule has 0 spiro atoms. The van der Waals surface area contributed by atoms with Gasteiger partial charge in [0.05, 0.1) is 18.8 Å². The number of carbonyl (C=O) groups excluding carboxylic acids is 2. The summed E-state index contributed by atoms with van der Waals surface area (Å²) in [5, 5.41) is 2.59. The number of halogens is 1. The molecule has 0 bridgehead atoms. The van der Waals surface area contributed by atoms with Crippen molar-refractivity contribution >= 4 is 17.5 Å². The lowest BCUT2D eigenvalue weighted by Crippen LogP contribution is -3.14. The fourth-order valence-corrected chi connectivity index (χ4v) is 2.63. The third-order valence-electron chi connectivity index (χ3n) is 3.90. The molecule has 1 aliphatic rings. The Balaban J connectivity index is 1.84. The summed E-state index contributed by atoms with van der Waals surface area (Å²) in [5.41, 5.74) is 6.29. The molecule has 0 radical (unpaired) electrons. The first-order valence-electron chi connectivity index (χ1n) is 7.14. The summed E-state index contributed by atoms with van der Waals surface area (Å²) in [4.78, 5) is 24.1. The second-order valence-corrected chi connectivity index (χ2v) is 5.63. The van der Waals surface area contributed by atoms with Gasteiger partial charge in [-0.25, -0.2) is 4.39 Å². The van der Waals surface area contributed by atoms with Crippen molar-refractivity contribution in [3.05, 3.63) is 29.6 Å². The van der Waals surface area contributed by atoms with Crippen molar-refractivity contribution in [2.24, 2.45) is 11.7 Å². The maximum Gasteiger partial charge on any atom is 0.279 e. The molecule has 1 fully saturated rings. The molecule has 114 valence electrons. The van der Waals surface area contributed by atoms with Crippen LogP contribution in [-0.2, 0) is 9.59 Å². The van der Waals surface area contributed by atoms with E-state index in [1.165, 1.54) is 6.07 Å². The van der Waals surface area contributed by atoms with Crippen molar-refractivity contribution in [3.8, 4) is 0 Å². The fraction of sp³-hybridized carbons (Fsp3) is 0.467. The van der Waals surface area contributed by atoms with E-state index < -0.39 is 5.82 Å². The first-order chi connectivity index (χ1) is 9.95. The van der Waals surface area contributed by atoms with Crippen LogP contribution in [0.5, 0.6) is 0 Å². The molecule has 1 aliphatic heterocycles. The third-order valence-corrected chi connectivity index (χ3v) is 3.90. The van der Waals surface area contributed by atoms with Crippen LogP contribution in [0.2, 0.25) is 0 Å². The Morgan fingerprint density at radius 3 is 2.62 bits per heavy atom. The number of benzene rings is 1. The zero-order valence-electron chi connectivity index (χ0n) is 12.1. The van der Waals surface area contributed by atoms with Crippen LogP contribution < -0.4 is 16.0 Å². The number of quaternary nitrogens is 1. The lowest BCUT2D eigenvalue weighted by molar-refractivity contribution is -0.897. The Kier molecular flexibility index (Phi) is 4.90. The number of rotatable bonds is 4. The zero-order valence-corrected chi connectivity index (χ0v) is 12.1. The van der Waals surface area contributed by atoms with Crippen molar-refractivity contribution in [2.75, 3.05) is 25.0 Å². The second-order valence-electron chi connectivity index (χ2n) is 5.63. The molecule has 6 heteroatoms. The average Bonchev–Trinajstić information content (AvgIpc) is 2.42. The van der Waals surface area contributed by atoms with Crippen LogP contribution in [0.15, 0.2) is 18.2 Å². The van der Waals surface area contributed by atoms with Gasteiger partial charge in [0.25, 0.3) is 5.91 Å². The van der Waals surface area contributed by atoms with Gasteiger partial charge >= 0.3 is 0 Å². The highest BCUT2D eigenvalue weighted by Crippen LogP contribution is 2.14. The molecule has 1 saturated heterocycles. The number of hydrogen-bond donors (Lipinski definition) is 3. The minimum atomic E-state index is -0.425. The molecular weight excluding hydrogens is 273 g/mol. The number of nitrogens with two attached hydrogens (primary N) is 1. The van der Waals surface area contributed by atoms with E-state index in [0.29, 0.717) is 12.8 Å². The number of piperidine rings is 1. The largest absolute Gasteiger partial charge is 0.369 e. The number of anilines is 1. The first kappa shape index (κ1) is 15.4. The van der Waals surface area contributed by atoms with E-state index in [1.54, 1.807) is 19.1 Å². The summed E-state index contributed by atoms with van der Waals surface area (Å²) < 4.78 is 13.7. The number of primary amides is 1. The minimum absolute atomic E-state index is 0.0774. The van der Waals surface area contributed by atoms with Crippen LogP contribution in [0.3, 0.4) is 0 Å². The highest BCUT2D eigenvalue weighted by Gasteiger charge is 2.27. The van der Waals surface area contributed by atoms with Crippen LogP contribution >= 0.6 is 0 Å². The van der Waals surface area contributed by atoms with Gasteiger partial charge in [-0.05, 0) is 24.6 Å². The standard InChI is InChI=1S/C15H20FN3O2/c1-10-2-3-13(12(16)8-10)18-14(20)9-19-6-4-11(5-7-19)15(17)21/h2-3,8,11H,4-7,9H2,1H3,(H2,17,21)(H,18,20)/p+1. The van der Waals surface area contributed by atoms with E-state index >= 15 is 0 Å². The molecule has 1 aromatic rings. The lowest BCUT2D eigenvalue weighted by Gasteiger charge is -2.27. The quantitative estimate of drug-likeness (QED) is 0.722. The summed E-state index contributed by atoms with van der Waals surface area (Å²) >= 11 is 0. The van der Waals surface area contributed by atoms with Crippen LogP contribution in [-0.4, -0.2) is 31.4 Å². The molecule has 21 heavy (non-hydrogen) atoms. The van der Waals surface area contributed by atoms with E-state index in [9.17, 15) is 14.0 Å². The average molecular weight is 294 g/mol. The summed E-state index contributed by atoms with van der Waals surface area (Å²) in [5.74, 6) is -0.984. The summed E-state index contributed by atoms with van der Waals surface area (Å²) in [6, 6.07) is 4.71. The van der Waals surface area contributed by atoms with Gasteiger partial charge < -0.3 is 16.0 Å². The van der Waals surface area contributed by atoms with Crippen molar-refractivity contribution in [1.29, 1.82) is 0 Å². The van der Waals surface area contributed by atoms with E-state index in [1.807, 2.05) is 0 Å². The van der Waals surface area contributed by atoms with Gasteiger partial charge in [0, 0.05) is 18.8 Å². The normalized spacial score (nSPS) is 21.8. The van der Waals surface area contributed by atoms with E-state index in [0.717, 1.165) is 23.6 Å². The monoisotopic (exact) mass is 294 g/mol. The predicted molar refractivity (Wildman–Crippen MR) is 77.2 cm³/mol. The highest BCUT2D eigenvalue weighted by atomic mass is 19.1. The Morgan fingerprint density at radius 2 is 2.05 bits per heavy atom. The molecule has 2 rings (SSSR count). The molecule has 5 nitrogen and oxygen atoms in total. The molecule has 4 N–H and O–H groups in total. The second kappa shape index (κ2) is 6.67. The van der Waals surface area contributed by atoms with Crippen LogP contribution in [0.1, 0.15) is 18.4 Å². The number of aryl methyl sites for hydroxylation is 1. The fourth-order valence-electron chi connectivity index (χ4n) is 2.63. The van der Waals surface area contributed by atoms with Gasteiger partial charge in [0.15, 0.2) is 6.54 Å². The lowest BCUT2D eigenvalue weighted by atomic mass is 9.96. The summed E-state index contributed by atoms with van der Waals surface area (Å²) in [7, 11) is 0. The number of nitrogens with one attached hydrogen (secondary N) is 2. The first-order valence-corrected chi connectivity index (χ1v) is 7.14. The van der Waals surface area contributed by atoms with E-state index in [-0.39, 0.29) is 30.0 Å². The highest BCUT2D eigenvalue weighted by molar-refractivity contribution is 5.91. The van der Waals surface area contributed by atoms with E-state index in [4.69, 9.17) is 5.73 Å². The number of amides is 2. The number of carbonyl (C=O) groups is 2. The molecule has 0 aliphatic carbocycles. The molecule has 1 aromatic carbocycles. The van der Waals surface area contributed by atoms with Gasteiger partial charge in [0.2, 0.25) is 5.91 Å². The molecule has 0 aromatic heterocycles. The Bertz CT molecular complexity index is 540. The van der Waals surface area contributed by atoms with Gasteiger partial charge in [-0.2, -0.15) is 0 Å². The van der Waals surface area contributed by atoms with Crippen molar-refractivity contribution in [2.45, 2.75) is 19.8 Å². The molecule has 0 atom stereocenters. The molecule has 0 saturated carbocycles. The summed E-state index contributed by atoms with van der Waals surface area (Å²) in [6.45, 7) is 3.54. The van der Waals surface area contributed by atoms with Crippen molar-refractivity contribution < 1.29 is 18.9 Å². The zero-order chi connectivity index (χ0) is 15.4. The molecule has 1 heterocycles. The maximum atomic E-state index is 13.7. The SMILES string of the molecule is Cc1ccc(NC(=O)C[NH+]2CCC(C(N)=O)CC2)c(F)c1. The Hall–Kier alpha value is -1.95.